The minimum absolute atomic E-state index is 0. The number of carbonyl (C=O) groups excluding carboxylic acids is 1. The molecule has 6 nitrogen and oxygen atoms in total. The highest BCUT2D eigenvalue weighted by atomic mass is 35.5. The van der Waals surface area contributed by atoms with Crippen LogP contribution in [-0.4, -0.2) is 22.7 Å². The van der Waals surface area contributed by atoms with Crippen molar-refractivity contribution in [1.82, 2.24) is 10.5 Å². The van der Waals surface area contributed by atoms with E-state index in [1.54, 1.807) is 24.4 Å². The molecule has 2 aromatic rings. The Bertz CT molecular complexity index is 660. The minimum Gasteiger partial charge on any atom is -0.492 e. The molecule has 0 bridgehead atoms. The van der Waals surface area contributed by atoms with E-state index in [9.17, 15) is 4.79 Å². The second kappa shape index (κ2) is 9.45. The zero-order chi connectivity index (χ0) is 15.8. The average molecular weight is 336 g/mol. The first kappa shape index (κ1) is 18.5. The summed E-state index contributed by atoms with van der Waals surface area (Å²) in [7, 11) is 0. The van der Waals surface area contributed by atoms with Crippen molar-refractivity contribution in [3.8, 4) is 5.75 Å². The number of hydroxylamine groups is 1. The van der Waals surface area contributed by atoms with Crippen molar-refractivity contribution in [2.24, 2.45) is 0 Å². The lowest BCUT2D eigenvalue weighted by atomic mass is 10.2. The maximum atomic E-state index is 10.9. The Hall–Kier alpha value is -2.57. The van der Waals surface area contributed by atoms with Gasteiger partial charge in [0.05, 0.1) is 12.3 Å². The van der Waals surface area contributed by atoms with Crippen LogP contribution in [0.15, 0.2) is 48.7 Å². The third-order valence-electron chi connectivity index (χ3n) is 2.77. The molecule has 0 unspecified atom stereocenters. The lowest BCUT2D eigenvalue weighted by molar-refractivity contribution is -0.124. The van der Waals surface area contributed by atoms with Gasteiger partial charge in [-0.25, -0.2) is 10.5 Å². The zero-order valence-corrected chi connectivity index (χ0v) is 13.3. The predicted octanol–water partition coefficient (Wildman–Crippen LogP) is 3.16. The van der Waals surface area contributed by atoms with E-state index in [1.165, 1.54) is 11.6 Å². The molecule has 7 heteroatoms. The summed E-state index contributed by atoms with van der Waals surface area (Å²) in [5, 5.41) is 11.6. The van der Waals surface area contributed by atoms with Crippen LogP contribution < -0.4 is 15.5 Å². The fourth-order valence-electron chi connectivity index (χ4n) is 1.78. The van der Waals surface area contributed by atoms with Crippen molar-refractivity contribution >= 4 is 35.9 Å². The first-order valence-corrected chi connectivity index (χ1v) is 6.80. The quantitative estimate of drug-likeness (QED) is 0.429. The van der Waals surface area contributed by atoms with Gasteiger partial charge in [-0.2, -0.15) is 0 Å². The van der Waals surface area contributed by atoms with Crippen LogP contribution in [0.3, 0.4) is 0 Å². The molecule has 0 aliphatic carbocycles. The summed E-state index contributed by atoms with van der Waals surface area (Å²) in [5.74, 6) is 0.833. The van der Waals surface area contributed by atoms with Gasteiger partial charge in [0.15, 0.2) is 0 Å². The van der Waals surface area contributed by atoms with Gasteiger partial charge in [-0.3, -0.25) is 10.0 Å². The van der Waals surface area contributed by atoms with Gasteiger partial charge in [-0.15, -0.1) is 12.4 Å². The maximum Gasteiger partial charge on any atom is 0.267 e. The average Bonchev–Trinajstić information content (AvgIpc) is 2.56. The van der Waals surface area contributed by atoms with E-state index in [1.807, 2.05) is 31.2 Å². The molecule has 0 atom stereocenters. The standard InChI is InChI=1S/C16H17N3O3.ClH/c1-2-22-14-6-4-3-5-13(14)18-15-9-7-12(11-17-15)8-10-16(20)19-21;/h3-11,21H,2H2,1H3,(H,17,18)(H,19,20);1H. The number of aromatic nitrogens is 1. The lowest BCUT2D eigenvalue weighted by Crippen LogP contribution is -2.14. The predicted molar refractivity (Wildman–Crippen MR) is 91.3 cm³/mol. The molecule has 1 aromatic heterocycles. The summed E-state index contributed by atoms with van der Waals surface area (Å²) < 4.78 is 5.54. The molecule has 3 N–H and O–H groups in total. The fourth-order valence-corrected chi connectivity index (χ4v) is 1.78. The molecule has 1 heterocycles. The van der Waals surface area contributed by atoms with E-state index in [0.717, 1.165) is 17.0 Å². The van der Waals surface area contributed by atoms with Crippen LogP contribution in [0.1, 0.15) is 12.5 Å². The highest BCUT2D eigenvalue weighted by Gasteiger charge is 2.03. The molecule has 0 saturated carbocycles. The van der Waals surface area contributed by atoms with Crippen molar-refractivity contribution in [3.63, 3.8) is 0 Å². The molecule has 122 valence electrons. The van der Waals surface area contributed by atoms with Gasteiger partial charge in [-0.1, -0.05) is 12.1 Å². The number of nitrogens with zero attached hydrogens (tertiary/aromatic N) is 1. The second-order valence-corrected chi connectivity index (χ2v) is 4.34. The van der Waals surface area contributed by atoms with Crippen molar-refractivity contribution in [3.05, 3.63) is 54.2 Å². The highest BCUT2D eigenvalue weighted by molar-refractivity contribution is 5.90. The summed E-state index contributed by atoms with van der Waals surface area (Å²) in [6.45, 7) is 2.52. The maximum absolute atomic E-state index is 10.9. The van der Waals surface area contributed by atoms with Gasteiger partial charge in [0.25, 0.3) is 5.91 Å². The molecule has 1 aromatic carbocycles. The zero-order valence-electron chi connectivity index (χ0n) is 12.5. The number of hydrogen-bond donors (Lipinski definition) is 3. The number of halogens is 1. The van der Waals surface area contributed by atoms with E-state index < -0.39 is 5.91 Å². The molecule has 1 amide bonds. The molecular weight excluding hydrogens is 318 g/mol. The van der Waals surface area contributed by atoms with Crippen LogP contribution >= 0.6 is 12.4 Å². The number of amides is 1. The SMILES string of the molecule is CCOc1ccccc1Nc1ccc(C=CC(=O)NO)cn1.Cl. The number of ether oxygens (including phenoxy) is 1. The third-order valence-corrected chi connectivity index (χ3v) is 2.77. The second-order valence-electron chi connectivity index (χ2n) is 4.34. The van der Waals surface area contributed by atoms with E-state index in [2.05, 4.69) is 10.3 Å². The van der Waals surface area contributed by atoms with Crippen molar-refractivity contribution in [2.75, 3.05) is 11.9 Å². The Kier molecular flexibility index (Phi) is 7.59. The summed E-state index contributed by atoms with van der Waals surface area (Å²) >= 11 is 0. The number of carbonyl (C=O) groups is 1. The van der Waals surface area contributed by atoms with Gasteiger partial charge < -0.3 is 10.1 Å². The fraction of sp³-hybridized carbons (Fsp3) is 0.125. The van der Waals surface area contributed by atoms with Crippen LogP contribution in [0, 0.1) is 0 Å². The summed E-state index contributed by atoms with van der Waals surface area (Å²) in [5.41, 5.74) is 3.10. The van der Waals surface area contributed by atoms with Gasteiger partial charge in [0.1, 0.15) is 11.6 Å². The molecule has 0 fully saturated rings. The Morgan fingerprint density at radius 3 is 2.74 bits per heavy atom. The number of hydrogen-bond acceptors (Lipinski definition) is 5. The molecule has 0 spiro atoms. The van der Waals surface area contributed by atoms with Gasteiger partial charge >= 0.3 is 0 Å². The number of anilines is 2. The van der Waals surface area contributed by atoms with Crippen LogP contribution in [0.25, 0.3) is 6.08 Å². The van der Waals surface area contributed by atoms with E-state index in [-0.39, 0.29) is 12.4 Å². The Balaban J connectivity index is 0.00000264. The van der Waals surface area contributed by atoms with Crippen LogP contribution in [0.5, 0.6) is 5.75 Å². The molecule has 0 aliphatic heterocycles. The van der Waals surface area contributed by atoms with Crippen LogP contribution in [-0.2, 0) is 4.79 Å². The lowest BCUT2D eigenvalue weighted by Gasteiger charge is -2.11. The van der Waals surface area contributed by atoms with Gasteiger partial charge in [0, 0.05) is 12.3 Å². The van der Waals surface area contributed by atoms with Gasteiger partial charge in [0.2, 0.25) is 0 Å². The number of benzene rings is 1. The third kappa shape index (κ3) is 5.61. The highest BCUT2D eigenvalue weighted by Crippen LogP contribution is 2.26. The molecule has 0 radical (unpaired) electrons. The number of nitrogens with one attached hydrogen (secondary N) is 2. The smallest absolute Gasteiger partial charge is 0.267 e. The van der Waals surface area contributed by atoms with E-state index in [0.29, 0.717) is 12.4 Å². The normalized spacial score (nSPS) is 10.0. The molecule has 23 heavy (non-hydrogen) atoms. The van der Waals surface area contributed by atoms with Gasteiger partial charge in [-0.05, 0) is 42.8 Å². The topological polar surface area (TPSA) is 83.5 Å². The van der Waals surface area contributed by atoms with Crippen molar-refractivity contribution < 1.29 is 14.7 Å². The molecule has 0 saturated heterocycles. The van der Waals surface area contributed by atoms with Crippen molar-refractivity contribution in [2.45, 2.75) is 6.92 Å². The van der Waals surface area contributed by atoms with E-state index in [4.69, 9.17) is 9.94 Å². The van der Waals surface area contributed by atoms with Crippen LogP contribution in [0.4, 0.5) is 11.5 Å². The number of pyridine rings is 1. The number of rotatable bonds is 6. The molecule has 2 rings (SSSR count). The van der Waals surface area contributed by atoms with Crippen molar-refractivity contribution in [1.29, 1.82) is 0 Å². The first-order chi connectivity index (χ1) is 10.7. The Morgan fingerprint density at radius 2 is 2.09 bits per heavy atom. The largest absolute Gasteiger partial charge is 0.492 e. The first-order valence-electron chi connectivity index (χ1n) is 6.80. The Morgan fingerprint density at radius 1 is 1.30 bits per heavy atom. The summed E-state index contributed by atoms with van der Waals surface area (Å²) in [4.78, 5) is 15.2. The molecule has 0 aliphatic rings. The number of para-hydroxylation sites is 2. The minimum atomic E-state index is -0.590. The van der Waals surface area contributed by atoms with E-state index >= 15 is 0 Å². The Labute approximate surface area is 140 Å². The monoisotopic (exact) mass is 335 g/mol. The van der Waals surface area contributed by atoms with Crippen LogP contribution in [0.2, 0.25) is 0 Å². The summed E-state index contributed by atoms with van der Waals surface area (Å²) in [6.07, 6.45) is 4.39. The molecular formula is C16H18ClN3O3. The summed E-state index contributed by atoms with van der Waals surface area (Å²) in [6, 6.07) is 11.2.